The van der Waals surface area contributed by atoms with Crippen molar-refractivity contribution in [1.29, 1.82) is 0 Å². The third-order valence-electron chi connectivity index (χ3n) is 4.25. The third-order valence-corrected chi connectivity index (χ3v) is 4.25. The third kappa shape index (κ3) is 2.55. The molecule has 2 rings (SSSR count). The topological polar surface area (TPSA) is 35.5 Å². The average molecular weight is 240 g/mol. The number of carbonyl (C=O) groups excluding carboxylic acids is 1. The molecule has 3 nitrogen and oxygen atoms in total. The monoisotopic (exact) mass is 240 g/mol. The van der Waals surface area contributed by atoms with Crippen molar-refractivity contribution in [2.45, 2.75) is 70.9 Å². The van der Waals surface area contributed by atoms with Gasteiger partial charge in [0.2, 0.25) is 0 Å². The first kappa shape index (κ1) is 13.0. The maximum Gasteiger partial charge on any atom is 0.177 e. The summed E-state index contributed by atoms with van der Waals surface area (Å²) in [6, 6.07) is 0. The zero-order valence-electron chi connectivity index (χ0n) is 11.0. The van der Waals surface area contributed by atoms with Crippen LogP contribution in [0.15, 0.2) is 0 Å². The van der Waals surface area contributed by atoms with Crippen molar-refractivity contribution in [2.75, 3.05) is 0 Å². The van der Waals surface area contributed by atoms with Crippen LogP contribution in [0.25, 0.3) is 0 Å². The SMILES string of the molecule is CCCCCC1C(CC=O)CCC12OC(C)O2. The summed E-state index contributed by atoms with van der Waals surface area (Å²) in [5, 5.41) is 0. The van der Waals surface area contributed by atoms with Gasteiger partial charge in [-0.15, -0.1) is 0 Å². The highest BCUT2D eigenvalue weighted by Crippen LogP contribution is 2.52. The van der Waals surface area contributed by atoms with E-state index in [0.717, 1.165) is 25.5 Å². The molecule has 0 bridgehead atoms. The second-order valence-corrected chi connectivity index (χ2v) is 5.42. The van der Waals surface area contributed by atoms with Crippen LogP contribution in [0.4, 0.5) is 0 Å². The van der Waals surface area contributed by atoms with Gasteiger partial charge in [-0.3, -0.25) is 0 Å². The van der Waals surface area contributed by atoms with Gasteiger partial charge in [0.15, 0.2) is 12.1 Å². The molecule has 2 fully saturated rings. The summed E-state index contributed by atoms with van der Waals surface area (Å²) >= 11 is 0. The largest absolute Gasteiger partial charge is 0.321 e. The number of hydrogen-bond donors (Lipinski definition) is 0. The van der Waals surface area contributed by atoms with Crippen LogP contribution in [0.5, 0.6) is 0 Å². The number of aldehydes is 1. The van der Waals surface area contributed by atoms with Crippen LogP contribution in [0.1, 0.15) is 58.8 Å². The van der Waals surface area contributed by atoms with E-state index in [1.54, 1.807) is 0 Å². The molecular weight excluding hydrogens is 216 g/mol. The first-order chi connectivity index (χ1) is 8.22. The highest BCUT2D eigenvalue weighted by atomic mass is 16.9. The van der Waals surface area contributed by atoms with E-state index in [4.69, 9.17) is 9.47 Å². The Bertz CT molecular complexity index is 258. The standard InChI is InChI=1S/C14H24O3/c1-3-4-5-6-13-12(8-10-15)7-9-14(13)16-11(2)17-14/h10-13H,3-9H2,1-2H3. The normalized spacial score (nSPS) is 40.5. The van der Waals surface area contributed by atoms with Gasteiger partial charge >= 0.3 is 0 Å². The summed E-state index contributed by atoms with van der Waals surface area (Å²) in [4.78, 5) is 10.7. The minimum atomic E-state index is -0.333. The van der Waals surface area contributed by atoms with Crippen LogP contribution in [0, 0.1) is 11.8 Å². The number of rotatable bonds is 6. The van der Waals surface area contributed by atoms with E-state index in [2.05, 4.69) is 6.92 Å². The molecule has 1 heterocycles. The second-order valence-electron chi connectivity index (χ2n) is 5.42. The number of unbranched alkanes of at least 4 members (excludes halogenated alkanes) is 2. The zero-order valence-corrected chi connectivity index (χ0v) is 11.0. The van der Waals surface area contributed by atoms with Crippen molar-refractivity contribution in [3.8, 4) is 0 Å². The molecule has 0 aromatic rings. The van der Waals surface area contributed by atoms with E-state index in [1.807, 2.05) is 6.92 Å². The fourth-order valence-corrected chi connectivity index (χ4v) is 3.47. The van der Waals surface area contributed by atoms with Gasteiger partial charge < -0.3 is 14.3 Å². The summed E-state index contributed by atoms with van der Waals surface area (Å²) in [5.41, 5.74) is 0. The summed E-state index contributed by atoms with van der Waals surface area (Å²) in [5.74, 6) is 0.563. The van der Waals surface area contributed by atoms with Gasteiger partial charge in [0.05, 0.1) is 0 Å². The molecule has 1 aliphatic carbocycles. The predicted molar refractivity (Wildman–Crippen MR) is 65.4 cm³/mol. The molecule has 0 aromatic carbocycles. The minimum Gasteiger partial charge on any atom is -0.321 e. The van der Waals surface area contributed by atoms with E-state index < -0.39 is 0 Å². The lowest BCUT2D eigenvalue weighted by molar-refractivity contribution is -0.458. The first-order valence-electron chi connectivity index (χ1n) is 7.01. The van der Waals surface area contributed by atoms with Gasteiger partial charge in [-0.05, 0) is 25.7 Å². The van der Waals surface area contributed by atoms with Gasteiger partial charge in [-0.25, -0.2) is 0 Å². The van der Waals surface area contributed by atoms with E-state index in [-0.39, 0.29) is 12.1 Å². The molecule has 2 atom stereocenters. The lowest BCUT2D eigenvalue weighted by Crippen LogP contribution is -2.55. The molecule has 0 N–H and O–H groups in total. The van der Waals surface area contributed by atoms with Gasteiger partial charge in [0.1, 0.15) is 6.29 Å². The van der Waals surface area contributed by atoms with Crippen LogP contribution in [0.2, 0.25) is 0 Å². The lowest BCUT2D eigenvalue weighted by atomic mass is 9.85. The van der Waals surface area contributed by atoms with Gasteiger partial charge in [-0.2, -0.15) is 0 Å². The maximum absolute atomic E-state index is 10.7. The Labute approximate surface area is 104 Å². The fourth-order valence-electron chi connectivity index (χ4n) is 3.47. The van der Waals surface area contributed by atoms with Gasteiger partial charge in [0.25, 0.3) is 0 Å². The Balaban J connectivity index is 1.94. The van der Waals surface area contributed by atoms with E-state index >= 15 is 0 Å². The van der Waals surface area contributed by atoms with Gasteiger partial charge in [0, 0.05) is 18.8 Å². The van der Waals surface area contributed by atoms with Crippen LogP contribution < -0.4 is 0 Å². The number of ether oxygens (including phenoxy) is 2. The van der Waals surface area contributed by atoms with Crippen LogP contribution in [-0.4, -0.2) is 18.4 Å². The average Bonchev–Trinajstić information content (AvgIpc) is 2.59. The minimum absolute atomic E-state index is 0.0568. The van der Waals surface area contributed by atoms with E-state index in [0.29, 0.717) is 18.3 Å². The molecule has 0 radical (unpaired) electrons. The zero-order chi connectivity index (χ0) is 12.3. The van der Waals surface area contributed by atoms with E-state index in [1.165, 1.54) is 19.3 Å². The van der Waals surface area contributed by atoms with E-state index in [9.17, 15) is 4.79 Å². The number of hydrogen-bond acceptors (Lipinski definition) is 3. The Morgan fingerprint density at radius 3 is 2.71 bits per heavy atom. The van der Waals surface area contributed by atoms with Crippen molar-refractivity contribution in [2.24, 2.45) is 11.8 Å². The summed E-state index contributed by atoms with van der Waals surface area (Å²) in [6.07, 6.45) is 8.55. The van der Waals surface area contributed by atoms with Crippen molar-refractivity contribution >= 4 is 6.29 Å². The quantitative estimate of drug-likeness (QED) is 0.528. The smallest absolute Gasteiger partial charge is 0.177 e. The molecule has 1 saturated heterocycles. The Morgan fingerprint density at radius 2 is 2.12 bits per heavy atom. The Morgan fingerprint density at radius 1 is 1.35 bits per heavy atom. The fraction of sp³-hybridized carbons (Fsp3) is 0.929. The molecule has 1 aliphatic heterocycles. The molecule has 98 valence electrons. The molecule has 2 aliphatic rings. The highest BCUT2D eigenvalue weighted by Gasteiger charge is 2.56. The second kappa shape index (κ2) is 5.49. The molecule has 1 saturated carbocycles. The maximum atomic E-state index is 10.7. The van der Waals surface area contributed by atoms with Crippen molar-refractivity contribution in [1.82, 2.24) is 0 Å². The first-order valence-corrected chi connectivity index (χ1v) is 7.01. The van der Waals surface area contributed by atoms with Crippen molar-refractivity contribution < 1.29 is 14.3 Å². The Kier molecular flexibility index (Phi) is 4.21. The van der Waals surface area contributed by atoms with Crippen molar-refractivity contribution in [3.05, 3.63) is 0 Å². The van der Waals surface area contributed by atoms with Crippen LogP contribution in [0.3, 0.4) is 0 Å². The van der Waals surface area contributed by atoms with Crippen molar-refractivity contribution in [3.63, 3.8) is 0 Å². The Hall–Kier alpha value is -0.410. The molecular formula is C14H24O3. The molecule has 0 amide bonds. The lowest BCUT2D eigenvalue weighted by Gasteiger charge is -2.48. The molecule has 0 aromatic heterocycles. The van der Waals surface area contributed by atoms with Gasteiger partial charge in [-0.1, -0.05) is 26.2 Å². The predicted octanol–water partition coefficient (Wildman–Crippen LogP) is 3.27. The number of carbonyl (C=O) groups is 1. The molecule has 3 heteroatoms. The highest BCUT2D eigenvalue weighted by molar-refractivity contribution is 5.50. The van der Waals surface area contributed by atoms with Crippen LogP contribution in [-0.2, 0) is 14.3 Å². The molecule has 17 heavy (non-hydrogen) atoms. The molecule has 1 spiro atoms. The summed E-state index contributed by atoms with van der Waals surface area (Å²) < 4.78 is 11.7. The summed E-state index contributed by atoms with van der Waals surface area (Å²) in [6.45, 7) is 4.16. The molecule has 2 unspecified atom stereocenters. The van der Waals surface area contributed by atoms with Crippen LogP contribution >= 0.6 is 0 Å². The summed E-state index contributed by atoms with van der Waals surface area (Å²) in [7, 11) is 0.